The summed E-state index contributed by atoms with van der Waals surface area (Å²) < 4.78 is 9.53. The summed E-state index contributed by atoms with van der Waals surface area (Å²) in [6, 6.07) is 9.18. The second-order valence-corrected chi connectivity index (χ2v) is 4.24. The molecule has 8 heteroatoms. The maximum atomic E-state index is 11.7. The smallest absolute Gasteiger partial charge is 0.337 e. The van der Waals surface area contributed by atoms with E-state index in [0.29, 0.717) is 17.0 Å². The van der Waals surface area contributed by atoms with Crippen LogP contribution < -0.4 is 10.7 Å². The summed E-state index contributed by atoms with van der Waals surface area (Å²) in [5.74, 6) is -1.89. The number of nitrogens with one attached hydrogen (secondary N) is 2. The number of anilines is 1. The first-order valence-corrected chi connectivity index (χ1v) is 6.46. The minimum absolute atomic E-state index is 0.331. The average molecular weight is 315 g/mol. The maximum absolute atomic E-state index is 11.7. The van der Waals surface area contributed by atoms with Crippen LogP contribution in [0.15, 0.2) is 52.2 Å². The van der Waals surface area contributed by atoms with Crippen molar-refractivity contribution in [2.75, 3.05) is 12.4 Å². The summed E-state index contributed by atoms with van der Waals surface area (Å²) in [5.41, 5.74) is 2.75. The zero-order valence-corrected chi connectivity index (χ0v) is 12.1. The highest BCUT2D eigenvalue weighted by atomic mass is 16.5. The van der Waals surface area contributed by atoms with Crippen molar-refractivity contribution >= 4 is 29.7 Å². The highest BCUT2D eigenvalue weighted by Crippen LogP contribution is 2.10. The molecule has 2 amide bonds. The summed E-state index contributed by atoms with van der Waals surface area (Å²) in [4.78, 5) is 34.5. The van der Waals surface area contributed by atoms with E-state index in [2.05, 4.69) is 20.6 Å². The first-order chi connectivity index (χ1) is 11.1. The van der Waals surface area contributed by atoms with E-state index in [1.807, 2.05) is 0 Å². The molecule has 0 aliphatic heterocycles. The number of ether oxygens (including phenoxy) is 1. The molecule has 0 aliphatic carbocycles. The van der Waals surface area contributed by atoms with E-state index < -0.39 is 17.8 Å². The van der Waals surface area contributed by atoms with Crippen molar-refractivity contribution in [2.24, 2.45) is 5.10 Å². The van der Waals surface area contributed by atoms with Crippen molar-refractivity contribution in [2.45, 2.75) is 0 Å². The summed E-state index contributed by atoms with van der Waals surface area (Å²) >= 11 is 0. The summed E-state index contributed by atoms with van der Waals surface area (Å²) in [6.45, 7) is 0. The Balaban J connectivity index is 1.88. The lowest BCUT2D eigenvalue weighted by atomic mass is 10.2. The lowest BCUT2D eigenvalue weighted by Crippen LogP contribution is -2.32. The van der Waals surface area contributed by atoms with Gasteiger partial charge in [-0.1, -0.05) is 0 Å². The molecule has 0 aliphatic rings. The Hall–Kier alpha value is -3.42. The van der Waals surface area contributed by atoms with E-state index in [-0.39, 0.29) is 0 Å². The number of amides is 2. The van der Waals surface area contributed by atoms with Gasteiger partial charge in [0, 0.05) is 5.69 Å². The van der Waals surface area contributed by atoms with Crippen molar-refractivity contribution in [1.29, 1.82) is 0 Å². The molecule has 0 atom stereocenters. The third kappa shape index (κ3) is 4.53. The summed E-state index contributed by atoms with van der Waals surface area (Å²) in [5, 5.41) is 5.95. The van der Waals surface area contributed by atoms with Crippen LogP contribution in [0, 0.1) is 0 Å². The molecule has 1 aromatic carbocycles. The third-order valence-electron chi connectivity index (χ3n) is 2.67. The van der Waals surface area contributed by atoms with Crippen LogP contribution in [0.25, 0.3) is 0 Å². The van der Waals surface area contributed by atoms with Gasteiger partial charge in [0.1, 0.15) is 5.76 Å². The molecule has 0 bridgehead atoms. The van der Waals surface area contributed by atoms with E-state index in [1.165, 1.54) is 43.9 Å². The number of hydrogen-bond acceptors (Lipinski definition) is 6. The fourth-order valence-electron chi connectivity index (χ4n) is 1.57. The Labute approximate surface area is 131 Å². The quantitative estimate of drug-likeness (QED) is 0.381. The second kappa shape index (κ2) is 7.55. The van der Waals surface area contributed by atoms with E-state index >= 15 is 0 Å². The number of furan rings is 1. The largest absolute Gasteiger partial charge is 0.465 e. The molecule has 1 aromatic heterocycles. The Morgan fingerprint density at radius 3 is 2.48 bits per heavy atom. The van der Waals surface area contributed by atoms with Gasteiger partial charge in [0.15, 0.2) is 0 Å². The first-order valence-electron chi connectivity index (χ1n) is 6.46. The third-order valence-corrected chi connectivity index (χ3v) is 2.67. The number of carbonyl (C=O) groups excluding carboxylic acids is 3. The van der Waals surface area contributed by atoms with Crippen molar-refractivity contribution in [3.05, 3.63) is 54.0 Å². The molecule has 0 unspecified atom stereocenters. The van der Waals surface area contributed by atoms with Crippen molar-refractivity contribution in [1.82, 2.24) is 5.43 Å². The van der Waals surface area contributed by atoms with Gasteiger partial charge in [-0.25, -0.2) is 10.2 Å². The number of benzene rings is 1. The molecule has 8 nitrogen and oxygen atoms in total. The molecule has 0 saturated carbocycles. The van der Waals surface area contributed by atoms with Gasteiger partial charge in [-0.05, 0) is 36.4 Å². The molecule has 0 radical (unpaired) electrons. The highest BCUT2D eigenvalue weighted by molar-refractivity contribution is 6.39. The molecule has 2 aromatic rings. The number of carbonyl (C=O) groups is 3. The van der Waals surface area contributed by atoms with Crippen LogP contribution in [-0.2, 0) is 14.3 Å². The number of esters is 1. The minimum atomic E-state index is -0.940. The second-order valence-electron chi connectivity index (χ2n) is 4.24. The van der Waals surface area contributed by atoms with Crippen molar-refractivity contribution < 1.29 is 23.5 Å². The Bertz CT molecular complexity index is 720. The fourth-order valence-corrected chi connectivity index (χ4v) is 1.57. The van der Waals surface area contributed by atoms with Crippen molar-refractivity contribution in [3.63, 3.8) is 0 Å². The number of methoxy groups -OCH3 is 1. The molecule has 23 heavy (non-hydrogen) atoms. The Morgan fingerprint density at radius 1 is 1.13 bits per heavy atom. The molecule has 1 heterocycles. The van der Waals surface area contributed by atoms with Gasteiger partial charge < -0.3 is 14.5 Å². The van der Waals surface area contributed by atoms with Gasteiger partial charge in [-0.15, -0.1) is 0 Å². The highest BCUT2D eigenvalue weighted by Gasteiger charge is 2.13. The molecular weight excluding hydrogens is 302 g/mol. The normalized spacial score (nSPS) is 10.3. The molecule has 2 N–H and O–H groups in total. The lowest BCUT2D eigenvalue weighted by Gasteiger charge is -2.04. The summed E-state index contributed by atoms with van der Waals surface area (Å²) in [7, 11) is 1.27. The van der Waals surface area contributed by atoms with Crippen LogP contribution in [0.4, 0.5) is 5.69 Å². The molecule has 118 valence electrons. The zero-order chi connectivity index (χ0) is 16.7. The average Bonchev–Trinajstić information content (AvgIpc) is 3.08. The predicted molar refractivity (Wildman–Crippen MR) is 80.9 cm³/mol. The van der Waals surface area contributed by atoms with Gasteiger partial charge in [-0.2, -0.15) is 5.10 Å². The van der Waals surface area contributed by atoms with E-state index in [1.54, 1.807) is 12.1 Å². The van der Waals surface area contributed by atoms with E-state index in [4.69, 9.17) is 4.42 Å². The number of hydrogen-bond donors (Lipinski definition) is 2. The summed E-state index contributed by atoms with van der Waals surface area (Å²) in [6.07, 6.45) is 2.71. The van der Waals surface area contributed by atoms with Crippen LogP contribution in [0.5, 0.6) is 0 Å². The van der Waals surface area contributed by atoms with Gasteiger partial charge in [0.05, 0.1) is 25.2 Å². The lowest BCUT2D eigenvalue weighted by molar-refractivity contribution is -0.136. The molecular formula is C15H13N3O5. The predicted octanol–water partition coefficient (Wildman–Crippen LogP) is 1.15. The Morgan fingerprint density at radius 2 is 1.87 bits per heavy atom. The van der Waals surface area contributed by atoms with Crippen LogP contribution in [0.2, 0.25) is 0 Å². The fraction of sp³-hybridized carbons (Fsp3) is 0.0667. The monoisotopic (exact) mass is 315 g/mol. The topological polar surface area (TPSA) is 110 Å². The standard InChI is InChI=1S/C15H13N3O5/c1-22-15(21)10-4-6-11(7-5-10)17-13(19)14(20)18-16-9-12-3-2-8-23-12/h2-9H,1H3,(H,17,19)(H,18,20)/b16-9+. The number of hydrazone groups is 1. The SMILES string of the molecule is COC(=O)c1ccc(NC(=O)C(=O)N/N=C/c2ccco2)cc1. The number of nitrogens with zero attached hydrogens (tertiary/aromatic N) is 1. The van der Waals surface area contributed by atoms with Gasteiger partial charge in [0.25, 0.3) is 0 Å². The minimum Gasteiger partial charge on any atom is -0.465 e. The molecule has 0 saturated heterocycles. The van der Waals surface area contributed by atoms with Crippen LogP contribution >= 0.6 is 0 Å². The van der Waals surface area contributed by atoms with Gasteiger partial charge >= 0.3 is 17.8 Å². The Kier molecular flexibility index (Phi) is 5.24. The maximum Gasteiger partial charge on any atom is 0.337 e. The number of rotatable bonds is 4. The zero-order valence-electron chi connectivity index (χ0n) is 12.1. The first kappa shape index (κ1) is 16.0. The van der Waals surface area contributed by atoms with Crippen molar-refractivity contribution in [3.8, 4) is 0 Å². The van der Waals surface area contributed by atoms with E-state index in [0.717, 1.165) is 0 Å². The molecule has 0 fully saturated rings. The van der Waals surface area contributed by atoms with Crippen LogP contribution in [-0.4, -0.2) is 31.1 Å². The van der Waals surface area contributed by atoms with Crippen LogP contribution in [0.1, 0.15) is 16.1 Å². The van der Waals surface area contributed by atoms with Gasteiger partial charge in [-0.3, -0.25) is 9.59 Å². The molecule has 2 rings (SSSR count). The van der Waals surface area contributed by atoms with E-state index in [9.17, 15) is 14.4 Å². The van der Waals surface area contributed by atoms with Crippen LogP contribution in [0.3, 0.4) is 0 Å². The van der Waals surface area contributed by atoms with Gasteiger partial charge in [0.2, 0.25) is 0 Å². The molecule has 0 spiro atoms.